The zero-order valence-corrected chi connectivity index (χ0v) is 16.8. The minimum Gasteiger partial charge on any atom is -0.497 e. The SMILES string of the molecule is COc1ccc2c(c1)c1nc3ccccc3c(C)c1n2S(=O)(=O)c1ccccc1. The molecule has 0 atom stereocenters. The fourth-order valence-electron chi connectivity index (χ4n) is 3.88. The van der Waals surface area contributed by atoms with E-state index < -0.39 is 10.0 Å². The van der Waals surface area contributed by atoms with Gasteiger partial charge in [0.2, 0.25) is 0 Å². The van der Waals surface area contributed by atoms with Crippen molar-refractivity contribution in [2.45, 2.75) is 11.8 Å². The molecule has 5 aromatic rings. The molecule has 0 saturated heterocycles. The van der Waals surface area contributed by atoms with Crippen molar-refractivity contribution in [3.8, 4) is 5.75 Å². The van der Waals surface area contributed by atoms with Crippen LogP contribution in [0.1, 0.15) is 5.56 Å². The monoisotopic (exact) mass is 402 g/mol. The Morgan fingerprint density at radius 2 is 1.62 bits per heavy atom. The third kappa shape index (κ3) is 2.53. The van der Waals surface area contributed by atoms with Crippen molar-refractivity contribution in [3.63, 3.8) is 0 Å². The van der Waals surface area contributed by atoms with Crippen molar-refractivity contribution in [1.82, 2.24) is 8.96 Å². The summed E-state index contributed by atoms with van der Waals surface area (Å²) in [5.74, 6) is 0.654. The average Bonchev–Trinajstić information content (AvgIpc) is 3.09. The molecule has 0 N–H and O–H groups in total. The number of benzene rings is 3. The zero-order chi connectivity index (χ0) is 20.2. The maximum absolute atomic E-state index is 13.7. The maximum atomic E-state index is 13.7. The highest BCUT2D eigenvalue weighted by molar-refractivity contribution is 7.90. The zero-order valence-electron chi connectivity index (χ0n) is 16.0. The molecular formula is C23H18N2O3S. The molecular weight excluding hydrogens is 384 g/mol. The van der Waals surface area contributed by atoms with E-state index in [1.54, 1.807) is 49.6 Å². The lowest BCUT2D eigenvalue weighted by atomic mass is 10.1. The first-order valence-corrected chi connectivity index (χ1v) is 10.6. The summed E-state index contributed by atoms with van der Waals surface area (Å²) >= 11 is 0. The predicted molar refractivity (Wildman–Crippen MR) is 115 cm³/mol. The fourth-order valence-corrected chi connectivity index (χ4v) is 5.47. The van der Waals surface area contributed by atoms with E-state index in [2.05, 4.69) is 0 Å². The highest BCUT2D eigenvalue weighted by Crippen LogP contribution is 2.37. The Morgan fingerprint density at radius 1 is 0.897 bits per heavy atom. The van der Waals surface area contributed by atoms with Gasteiger partial charge in [-0.3, -0.25) is 0 Å². The summed E-state index contributed by atoms with van der Waals surface area (Å²) in [6.45, 7) is 1.94. The first-order valence-electron chi connectivity index (χ1n) is 9.20. The van der Waals surface area contributed by atoms with Crippen molar-refractivity contribution in [1.29, 1.82) is 0 Å². The smallest absolute Gasteiger partial charge is 0.268 e. The number of hydrogen-bond acceptors (Lipinski definition) is 4. The van der Waals surface area contributed by atoms with Crippen molar-refractivity contribution in [2.24, 2.45) is 0 Å². The summed E-state index contributed by atoms with van der Waals surface area (Å²) in [4.78, 5) is 5.07. The lowest BCUT2D eigenvalue weighted by Crippen LogP contribution is -2.13. The third-order valence-electron chi connectivity index (χ3n) is 5.28. The van der Waals surface area contributed by atoms with Crippen LogP contribution in [0.15, 0.2) is 77.7 Å². The number of para-hydroxylation sites is 1. The van der Waals surface area contributed by atoms with Crippen LogP contribution in [0.3, 0.4) is 0 Å². The summed E-state index contributed by atoms with van der Waals surface area (Å²) < 4.78 is 34.1. The van der Waals surface area contributed by atoms with Crippen LogP contribution in [0.4, 0.5) is 0 Å². The number of aryl methyl sites for hydroxylation is 1. The van der Waals surface area contributed by atoms with Gasteiger partial charge in [0.1, 0.15) is 5.75 Å². The second kappa shape index (κ2) is 6.32. The van der Waals surface area contributed by atoms with Crippen LogP contribution < -0.4 is 4.74 Å². The van der Waals surface area contributed by atoms with Gasteiger partial charge in [0.25, 0.3) is 10.0 Å². The van der Waals surface area contributed by atoms with E-state index in [1.807, 2.05) is 37.3 Å². The van der Waals surface area contributed by atoms with E-state index in [9.17, 15) is 8.42 Å². The number of ether oxygens (including phenoxy) is 1. The maximum Gasteiger partial charge on any atom is 0.268 e. The van der Waals surface area contributed by atoms with Gasteiger partial charge in [-0.1, -0.05) is 36.4 Å². The quantitative estimate of drug-likeness (QED) is 0.431. The van der Waals surface area contributed by atoms with Crippen LogP contribution >= 0.6 is 0 Å². The van der Waals surface area contributed by atoms with Crippen molar-refractivity contribution >= 4 is 42.9 Å². The summed E-state index contributed by atoms with van der Waals surface area (Å²) in [5.41, 5.74) is 3.53. The number of nitrogens with zero attached hydrogens (tertiary/aromatic N) is 2. The van der Waals surface area contributed by atoms with Gasteiger partial charge < -0.3 is 4.74 Å². The van der Waals surface area contributed by atoms with Gasteiger partial charge in [-0.25, -0.2) is 17.4 Å². The van der Waals surface area contributed by atoms with Gasteiger partial charge in [0.05, 0.1) is 34.1 Å². The Morgan fingerprint density at radius 3 is 2.38 bits per heavy atom. The lowest BCUT2D eigenvalue weighted by Gasteiger charge is -2.11. The molecule has 5 nitrogen and oxygen atoms in total. The molecule has 0 radical (unpaired) electrons. The van der Waals surface area contributed by atoms with E-state index in [0.717, 1.165) is 21.9 Å². The Hall–Kier alpha value is -3.38. The van der Waals surface area contributed by atoms with E-state index in [4.69, 9.17) is 9.72 Å². The highest BCUT2D eigenvalue weighted by Gasteiger charge is 2.26. The average molecular weight is 402 g/mol. The topological polar surface area (TPSA) is 61.2 Å². The van der Waals surface area contributed by atoms with Crippen molar-refractivity contribution in [3.05, 3.63) is 78.4 Å². The molecule has 6 heteroatoms. The Labute approximate surface area is 168 Å². The van der Waals surface area contributed by atoms with Crippen LogP contribution in [0.25, 0.3) is 32.8 Å². The van der Waals surface area contributed by atoms with E-state index in [1.165, 1.54) is 3.97 Å². The molecule has 0 amide bonds. The molecule has 0 aliphatic heterocycles. The van der Waals surface area contributed by atoms with Gasteiger partial charge >= 0.3 is 0 Å². The Balaban J connectivity index is 2.03. The second-order valence-corrected chi connectivity index (χ2v) is 8.70. The molecule has 0 bridgehead atoms. The van der Waals surface area contributed by atoms with Gasteiger partial charge in [0, 0.05) is 10.8 Å². The highest BCUT2D eigenvalue weighted by atomic mass is 32.2. The van der Waals surface area contributed by atoms with E-state index in [0.29, 0.717) is 22.3 Å². The molecule has 144 valence electrons. The predicted octanol–water partition coefficient (Wildman–Crippen LogP) is 4.90. The Kier molecular flexibility index (Phi) is 3.86. The molecule has 29 heavy (non-hydrogen) atoms. The van der Waals surface area contributed by atoms with Crippen LogP contribution in [0.2, 0.25) is 0 Å². The van der Waals surface area contributed by atoms with Crippen LogP contribution in [-0.2, 0) is 10.0 Å². The lowest BCUT2D eigenvalue weighted by molar-refractivity contribution is 0.415. The molecule has 0 aliphatic carbocycles. The number of hydrogen-bond donors (Lipinski definition) is 0. The molecule has 2 aromatic heterocycles. The first-order chi connectivity index (χ1) is 14.0. The van der Waals surface area contributed by atoms with Crippen LogP contribution in [-0.4, -0.2) is 24.5 Å². The van der Waals surface area contributed by atoms with Crippen molar-refractivity contribution < 1.29 is 13.2 Å². The molecule has 0 aliphatic rings. The largest absolute Gasteiger partial charge is 0.497 e. The van der Waals surface area contributed by atoms with Crippen LogP contribution in [0.5, 0.6) is 5.75 Å². The number of methoxy groups -OCH3 is 1. The van der Waals surface area contributed by atoms with Gasteiger partial charge in [-0.15, -0.1) is 0 Å². The summed E-state index contributed by atoms with van der Waals surface area (Å²) in [6, 6.07) is 21.6. The molecule has 0 fully saturated rings. The standard InChI is InChI=1S/C23H18N2O3S/c1-15-18-10-6-7-11-20(18)24-22-19-14-16(28-2)12-13-21(19)25(23(15)22)29(26,27)17-8-4-3-5-9-17/h3-14H,1-2H3. The van der Waals surface area contributed by atoms with Gasteiger partial charge in [-0.2, -0.15) is 0 Å². The summed E-state index contributed by atoms with van der Waals surface area (Å²) in [7, 11) is -2.23. The number of aromatic nitrogens is 2. The Bertz CT molecular complexity index is 1500. The third-order valence-corrected chi connectivity index (χ3v) is 7.01. The molecule has 0 unspecified atom stereocenters. The summed E-state index contributed by atoms with van der Waals surface area (Å²) in [6.07, 6.45) is 0. The number of fused-ring (bicyclic) bond motifs is 4. The molecule has 2 heterocycles. The molecule has 0 saturated carbocycles. The first kappa shape index (κ1) is 17.7. The normalized spacial score (nSPS) is 12.1. The minimum atomic E-state index is -3.82. The van der Waals surface area contributed by atoms with Crippen LogP contribution in [0, 0.1) is 6.92 Å². The van der Waals surface area contributed by atoms with Gasteiger partial charge in [-0.05, 0) is 48.9 Å². The van der Waals surface area contributed by atoms with E-state index in [-0.39, 0.29) is 4.90 Å². The molecule has 5 rings (SSSR count). The summed E-state index contributed by atoms with van der Waals surface area (Å²) in [5, 5.41) is 1.67. The number of rotatable bonds is 3. The minimum absolute atomic E-state index is 0.238. The second-order valence-electron chi connectivity index (χ2n) is 6.92. The molecule has 0 spiro atoms. The van der Waals surface area contributed by atoms with E-state index >= 15 is 0 Å². The van der Waals surface area contributed by atoms with Crippen molar-refractivity contribution in [2.75, 3.05) is 7.11 Å². The molecule has 3 aromatic carbocycles. The fraction of sp³-hybridized carbons (Fsp3) is 0.0870. The van der Waals surface area contributed by atoms with Gasteiger partial charge in [0.15, 0.2) is 0 Å². The number of pyridine rings is 1.